The van der Waals surface area contributed by atoms with Gasteiger partial charge < -0.3 is 14.8 Å². The van der Waals surface area contributed by atoms with Crippen molar-refractivity contribution in [2.45, 2.75) is 39.7 Å². The number of carbonyl (C=O) groups excluding carboxylic acids is 3. The number of rotatable bonds is 6. The standard InChI is InChI=1S/C22H24ClNO5/c1-12(2)29-22(27)18-14(4)24-17(11-10-13(3)25)20(21(26)28-5)19(18)15-8-6-7-9-16(15)23/h6-12,19,24H,1-5H3/b11-10-/t19-/m0/s1. The number of ether oxygens (including phenoxy) is 2. The Hall–Kier alpha value is -2.86. The molecule has 0 spiro atoms. The highest BCUT2D eigenvalue weighted by Crippen LogP contribution is 2.42. The molecule has 0 amide bonds. The number of ketones is 1. The minimum absolute atomic E-state index is 0.166. The van der Waals surface area contributed by atoms with Crippen molar-refractivity contribution in [1.29, 1.82) is 0 Å². The Morgan fingerprint density at radius 1 is 1.14 bits per heavy atom. The number of esters is 2. The van der Waals surface area contributed by atoms with E-state index in [0.29, 0.717) is 22.0 Å². The van der Waals surface area contributed by atoms with Gasteiger partial charge in [-0.25, -0.2) is 9.59 Å². The average Bonchev–Trinajstić information content (AvgIpc) is 2.64. The third-order valence-electron chi connectivity index (χ3n) is 4.26. The van der Waals surface area contributed by atoms with Crippen molar-refractivity contribution >= 4 is 29.3 Å². The molecule has 0 aromatic heterocycles. The van der Waals surface area contributed by atoms with Gasteiger partial charge in [0, 0.05) is 16.4 Å². The smallest absolute Gasteiger partial charge is 0.337 e. The van der Waals surface area contributed by atoms with Gasteiger partial charge in [0.25, 0.3) is 0 Å². The summed E-state index contributed by atoms with van der Waals surface area (Å²) in [5.74, 6) is -2.22. The minimum Gasteiger partial charge on any atom is -0.466 e. The van der Waals surface area contributed by atoms with Crippen molar-refractivity contribution in [2.75, 3.05) is 7.11 Å². The van der Waals surface area contributed by atoms with Gasteiger partial charge in [-0.1, -0.05) is 29.8 Å². The molecule has 29 heavy (non-hydrogen) atoms. The summed E-state index contributed by atoms with van der Waals surface area (Å²) in [7, 11) is 1.25. The number of benzene rings is 1. The predicted molar refractivity (Wildman–Crippen MR) is 110 cm³/mol. The number of nitrogens with one attached hydrogen (secondary N) is 1. The molecular weight excluding hydrogens is 394 g/mol. The Kier molecular flexibility index (Phi) is 7.40. The Morgan fingerprint density at radius 3 is 2.34 bits per heavy atom. The van der Waals surface area contributed by atoms with E-state index in [2.05, 4.69) is 5.32 Å². The maximum atomic E-state index is 12.9. The summed E-state index contributed by atoms with van der Waals surface area (Å²) in [4.78, 5) is 37.1. The van der Waals surface area contributed by atoms with Crippen LogP contribution < -0.4 is 5.32 Å². The number of methoxy groups -OCH3 is 1. The number of hydrogen-bond donors (Lipinski definition) is 1. The summed E-state index contributed by atoms with van der Waals surface area (Å²) in [6.07, 6.45) is 2.48. The molecule has 6 nitrogen and oxygen atoms in total. The molecule has 1 atom stereocenters. The first-order valence-corrected chi connectivity index (χ1v) is 9.49. The normalized spacial score (nSPS) is 16.9. The van der Waals surface area contributed by atoms with E-state index in [1.54, 1.807) is 45.0 Å². The van der Waals surface area contributed by atoms with Crippen LogP contribution in [0.25, 0.3) is 0 Å². The van der Waals surface area contributed by atoms with Crippen LogP contribution in [0.2, 0.25) is 5.02 Å². The fraction of sp³-hybridized carbons (Fsp3) is 0.318. The van der Waals surface area contributed by atoms with E-state index in [-0.39, 0.29) is 23.0 Å². The van der Waals surface area contributed by atoms with E-state index in [1.165, 1.54) is 26.2 Å². The number of carbonyl (C=O) groups is 3. The van der Waals surface area contributed by atoms with Crippen LogP contribution >= 0.6 is 11.6 Å². The van der Waals surface area contributed by atoms with Crippen LogP contribution in [0.4, 0.5) is 0 Å². The topological polar surface area (TPSA) is 81.7 Å². The van der Waals surface area contributed by atoms with E-state index in [1.807, 2.05) is 0 Å². The second-order valence-electron chi connectivity index (χ2n) is 6.84. The largest absolute Gasteiger partial charge is 0.466 e. The number of halogens is 1. The highest BCUT2D eigenvalue weighted by atomic mass is 35.5. The number of hydrogen-bond acceptors (Lipinski definition) is 6. The molecule has 1 aromatic rings. The van der Waals surface area contributed by atoms with E-state index in [0.717, 1.165) is 0 Å². The van der Waals surface area contributed by atoms with Crippen molar-refractivity contribution < 1.29 is 23.9 Å². The van der Waals surface area contributed by atoms with Gasteiger partial charge in [-0.2, -0.15) is 0 Å². The van der Waals surface area contributed by atoms with Crippen molar-refractivity contribution in [3.63, 3.8) is 0 Å². The fourth-order valence-corrected chi connectivity index (χ4v) is 3.34. The lowest BCUT2D eigenvalue weighted by Crippen LogP contribution is -2.33. The third kappa shape index (κ3) is 5.15. The summed E-state index contributed by atoms with van der Waals surface area (Å²) in [6, 6.07) is 6.95. The lowest BCUT2D eigenvalue weighted by molar-refractivity contribution is -0.143. The van der Waals surface area contributed by atoms with Crippen molar-refractivity contribution in [3.8, 4) is 0 Å². The molecule has 7 heteroatoms. The zero-order valence-corrected chi connectivity index (χ0v) is 17.8. The first kappa shape index (κ1) is 22.4. The molecular formula is C22H24ClNO5. The maximum Gasteiger partial charge on any atom is 0.337 e. The van der Waals surface area contributed by atoms with Crippen LogP contribution in [-0.4, -0.2) is 30.9 Å². The van der Waals surface area contributed by atoms with Crippen LogP contribution in [0.15, 0.2) is 59.0 Å². The van der Waals surface area contributed by atoms with E-state index in [9.17, 15) is 14.4 Å². The van der Waals surface area contributed by atoms with Crippen LogP contribution in [0.3, 0.4) is 0 Å². The number of dihydropyridines is 1. The Labute approximate surface area is 175 Å². The third-order valence-corrected chi connectivity index (χ3v) is 4.61. The minimum atomic E-state index is -0.824. The van der Waals surface area contributed by atoms with Crippen molar-refractivity contribution in [1.82, 2.24) is 5.32 Å². The van der Waals surface area contributed by atoms with Gasteiger partial charge in [0.15, 0.2) is 5.78 Å². The molecule has 0 saturated carbocycles. The summed E-state index contributed by atoms with van der Waals surface area (Å²) in [6.45, 7) is 6.59. The molecule has 1 heterocycles. The van der Waals surface area contributed by atoms with Gasteiger partial charge in [0.2, 0.25) is 0 Å². The maximum absolute atomic E-state index is 12.9. The highest BCUT2D eigenvalue weighted by molar-refractivity contribution is 6.31. The van der Waals surface area contributed by atoms with Gasteiger partial charge in [-0.05, 0) is 51.5 Å². The Bertz CT molecular complexity index is 927. The molecule has 1 N–H and O–H groups in total. The molecule has 1 aliphatic heterocycles. The van der Waals surface area contributed by atoms with Crippen molar-refractivity contribution in [2.24, 2.45) is 0 Å². The molecule has 0 radical (unpaired) electrons. The zero-order chi connectivity index (χ0) is 21.7. The second-order valence-corrected chi connectivity index (χ2v) is 7.24. The molecule has 0 aliphatic carbocycles. The Balaban J connectivity index is 2.78. The van der Waals surface area contributed by atoms with Gasteiger partial charge >= 0.3 is 11.9 Å². The van der Waals surface area contributed by atoms with Gasteiger partial charge in [-0.15, -0.1) is 0 Å². The average molecular weight is 418 g/mol. The highest BCUT2D eigenvalue weighted by Gasteiger charge is 2.39. The van der Waals surface area contributed by atoms with E-state index >= 15 is 0 Å². The molecule has 0 saturated heterocycles. The van der Waals surface area contributed by atoms with E-state index in [4.69, 9.17) is 21.1 Å². The summed E-state index contributed by atoms with van der Waals surface area (Å²) < 4.78 is 10.4. The molecule has 154 valence electrons. The van der Waals surface area contributed by atoms with Crippen LogP contribution in [0, 0.1) is 0 Å². The molecule has 1 aromatic carbocycles. The lowest BCUT2D eigenvalue weighted by atomic mass is 9.80. The quantitative estimate of drug-likeness (QED) is 0.559. The summed E-state index contributed by atoms with van der Waals surface area (Å²) >= 11 is 6.43. The summed E-state index contributed by atoms with van der Waals surface area (Å²) in [5, 5.41) is 3.42. The SMILES string of the molecule is COC(=O)C1=C(/C=C\C(C)=O)NC(C)=C(C(=O)OC(C)C)[C@@H]1c1ccccc1Cl. The van der Waals surface area contributed by atoms with Gasteiger partial charge in [0.05, 0.1) is 30.3 Å². The second kappa shape index (κ2) is 9.56. The summed E-state index contributed by atoms with van der Waals surface area (Å²) in [5.41, 5.74) is 1.83. The zero-order valence-electron chi connectivity index (χ0n) is 17.0. The van der Waals surface area contributed by atoms with Gasteiger partial charge in [0.1, 0.15) is 0 Å². The molecule has 1 aliphatic rings. The molecule has 0 fully saturated rings. The fourth-order valence-electron chi connectivity index (χ4n) is 3.09. The van der Waals surface area contributed by atoms with Gasteiger partial charge in [-0.3, -0.25) is 4.79 Å². The number of allylic oxidation sites excluding steroid dienone is 3. The predicted octanol–water partition coefficient (Wildman–Crippen LogP) is 3.82. The first-order chi connectivity index (χ1) is 13.7. The van der Waals surface area contributed by atoms with Crippen LogP contribution in [0.1, 0.15) is 39.2 Å². The van der Waals surface area contributed by atoms with E-state index < -0.39 is 17.9 Å². The molecule has 0 bridgehead atoms. The van der Waals surface area contributed by atoms with Crippen molar-refractivity contribution in [3.05, 3.63) is 69.5 Å². The molecule has 2 rings (SSSR count). The molecule has 0 unspecified atom stereocenters. The Morgan fingerprint density at radius 2 is 1.79 bits per heavy atom. The van der Waals surface area contributed by atoms with Crippen LogP contribution in [-0.2, 0) is 23.9 Å². The first-order valence-electron chi connectivity index (χ1n) is 9.11. The van der Waals surface area contributed by atoms with Crippen LogP contribution in [0.5, 0.6) is 0 Å². The lowest BCUT2D eigenvalue weighted by Gasteiger charge is -2.31. The monoisotopic (exact) mass is 417 g/mol.